The Bertz CT molecular complexity index is 62.6. The minimum atomic E-state index is -1.05. The minimum Gasteiger partial charge on any atom is -0.281 e. The first-order chi connectivity index (χ1) is 2.64. The molecule has 0 bridgehead atoms. The summed E-state index contributed by atoms with van der Waals surface area (Å²) < 4.78 is 0. The third kappa shape index (κ3) is 2.55. The number of carbonyl (C=O) groups excluding carboxylic acids is 1. The summed E-state index contributed by atoms with van der Waals surface area (Å²) in [5.74, 6) is 0. The van der Waals surface area contributed by atoms with Crippen molar-refractivity contribution < 1.29 is 4.79 Å². The van der Waals surface area contributed by atoms with Crippen molar-refractivity contribution in [3.63, 3.8) is 0 Å². The summed E-state index contributed by atoms with van der Waals surface area (Å²) in [6, 6.07) is 0. The van der Waals surface area contributed by atoms with Crippen molar-refractivity contribution in [1.82, 2.24) is 0 Å². The molecular weight excluding hydrogens is 122 g/mol. The summed E-state index contributed by atoms with van der Waals surface area (Å²) in [5, 5.41) is -1.77. The fourth-order valence-corrected chi connectivity index (χ4v) is 0. The monoisotopic (exact) mass is 122 g/mol. The number of alkyl halides is 1. The highest BCUT2D eigenvalue weighted by Gasteiger charge is 2.00. The molecule has 2 radical (unpaired) electrons. The van der Waals surface area contributed by atoms with Gasteiger partial charge in [0.25, 0.3) is 0 Å². The summed E-state index contributed by atoms with van der Waals surface area (Å²) in [5.41, 5.74) is 0. The van der Waals surface area contributed by atoms with Crippen molar-refractivity contribution in [2.75, 3.05) is 0 Å². The van der Waals surface area contributed by atoms with E-state index in [4.69, 9.17) is 31.0 Å². The van der Waals surface area contributed by atoms with Crippen LogP contribution in [0.4, 0.5) is 0 Å². The molecule has 0 spiro atoms. The van der Waals surface area contributed by atoms with Crippen molar-refractivity contribution >= 4 is 36.3 Å². The van der Waals surface area contributed by atoms with Crippen LogP contribution in [0.1, 0.15) is 0 Å². The molecule has 0 aliphatic carbocycles. The van der Waals surface area contributed by atoms with E-state index in [0.717, 1.165) is 0 Å². The van der Waals surface area contributed by atoms with Crippen molar-refractivity contribution in [3.8, 4) is 0 Å². The molecule has 0 aliphatic rings. The summed E-state index contributed by atoms with van der Waals surface area (Å²) in [6.45, 7) is 0. The van der Waals surface area contributed by atoms with Gasteiger partial charge in [-0.15, -0.1) is 11.6 Å². The van der Waals surface area contributed by atoms with Crippen LogP contribution in [0.3, 0.4) is 0 Å². The molecule has 0 aromatic heterocycles. The number of hydrogen-bond acceptors (Lipinski definition) is 1. The van der Waals surface area contributed by atoms with Gasteiger partial charge in [0, 0.05) is 0 Å². The van der Waals surface area contributed by atoms with Gasteiger partial charge in [-0.25, -0.2) is 0 Å². The quantitative estimate of drug-likeness (QED) is 0.281. The standard InChI is InChI=1S/C2HBCl2O/c3-1(4)2(5)6/h1H. The van der Waals surface area contributed by atoms with Gasteiger partial charge in [-0.2, -0.15) is 0 Å². The lowest BCUT2D eigenvalue weighted by molar-refractivity contribution is -0.110. The van der Waals surface area contributed by atoms with E-state index in [1.54, 1.807) is 0 Å². The molecule has 1 unspecified atom stereocenters. The molecule has 1 atom stereocenters. The van der Waals surface area contributed by atoms with Gasteiger partial charge in [-0.05, 0) is 11.6 Å². The second-order valence-electron chi connectivity index (χ2n) is 0.706. The average molecular weight is 123 g/mol. The molecule has 0 rings (SSSR count). The van der Waals surface area contributed by atoms with Crippen LogP contribution in [0.25, 0.3) is 0 Å². The van der Waals surface area contributed by atoms with Gasteiger partial charge in [0.15, 0.2) is 0 Å². The van der Waals surface area contributed by atoms with E-state index in [9.17, 15) is 4.79 Å². The first-order valence-corrected chi connectivity index (χ1v) is 2.05. The highest BCUT2D eigenvalue weighted by atomic mass is 35.5. The first kappa shape index (κ1) is 6.31. The van der Waals surface area contributed by atoms with Crippen LogP contribution in [-0.2, 0) is 4.79 Å². The Hall–Kier alpha value is 0.315. The van der Waals surface area contributed by atoms with Crippen molar-refractivity contribution in [2.45, 2.75) is 5.28 Å². The Kier molecular flexibility index (Phi) is 2.61. The number of rotatable bonds is 1. The molecule has 0 saturated heterocycles. The Morgan fingerprint density at radius 2 is 2.00 bits per heavy atom. The second-order valence-corrected chi connectivity index (χ2v) is 1.55. The molecule has 0 heterocycles. The fraction of sp³-hybridized carbons (Fsp3) is 0.500. The lowest BCUT2D eigenvalue weighted by Crippen LogP contribution is -2.05. The normalized spacial score (nSPS) is 13.7. The molecule has 6 heavy (non-hydrogen) atoms. The van der Waals surface area contributed by atoms with Gasteiger partial charge in [0.1, 0.15) is 7.85 Å². The highest BCUT2D eigenvalue weighted by molar-refractivity contribution is 6.74. The third-order valence-corrected chi connectivity index (χ3v) is 0.762. The lowest BCUT2D eigenvalue weighted by Gasteiger charge is -1.85. The Balaban J connectivity index is 3.26. The fourth-order valence-electron chi connectivity index (χ4n) is 0. The predicted octanol–water partition coefficient (Wildman–Crippen LogP) is 0.485. The van der Waals surface area contributed by atoms with Gasteiger partial charge >= 0.3 is 0 Å². The molecule has 1 nitrogen and oxygen atoms in total. The highest BCUT2D eigenvalue weighted by Crippen LogP contribution is 1.92. The van der Waals surface area contributed by atoms with Crippen LogP contribution in [0.2, 0.25) is 0 Å². The van der Waals surface area contributed by atoms with E-state index >= 15 is 0 Å². The predicted molar refractivity (Wildman–Crippen MR) is 26.3 cm³/mol. The summed E-state index contributed by atoms with van der Waals surface area (Å²) in [4.78, 5) is 9.65. The summed E-state index contributed by atoms with van der Waals surface area (Å²) in [6.07, 6.45) is 0. The zero-order valence-corrected chi connectivity index (χ0v) is 4.33. The summed E-state index contributed by atoms with van der Waals surface area (Å²) in [7, 11) is 4.72. The van der Waals surface area contributed by atoms with E-state index in [-0.39, 0.29) is 0 Å². The Morgan fingerprint density at radius 3 is 2.00 bits per heavy atom. The molecule has 0 amide bonds. The Labute approximate surface area is 47.0 Å². The molecular formula is C2HBCl2O. The average Bonchev–Trinajstić information content (AvgIpc) is 1.36. The van der Waals surface area contributed by atoms with Gasteiger partial charge < -0.3 is 0 Å². The Morgan fingerprint density at radius 1 is 1.83 bits per heavy atom. The van der Waals surface area contributed by atoms with E-state index in [1.807, 2.05) is 0 Å². The SMILES string of the molecule is [B]C(Cl)C(=O)Cl. The van der Waals surface area contributed by atoms with Crippen LogP contribution >= 0.6 is 23.2 Å². The first-order valence-electron chi connectivity index (χ1n) is 1.23. The largest absolute Gasteiger partial charge is 0.281 e. The van der Waals surface area contributed by atoms with Crippen LogP contribution in [-0.4, -0.2) is 18.4 Å². The minimum absolute atomic E-state index is 0.725. The molecule has 32 valence electrons. The zero-order chi connectivity index (χ0) is 5.15. The molecule has 0 aromatic carbocycles. The number of hydrogen-bond donors (Lipinski definition) is 0. The number of halogens is 2. The number of carbonyl (C=O) groups is 1. The van der Waals surface area contributed by atoms with Crippen LogP contribution in [0.15, 0.2) is 0 Å². The van der Waals surface area contributed by atoms with Crippen LogP contribution in [0.5, 0.6) is 0 Å². The molecule has 0 aliphatic heterocycles. The van der Waals surface area contributed by atoms with Crippen molar-refractivity contribution in [2.24, 2.45) is 0 Å². The topological polar surface area (TPSA) is 17.1 Å². The summed E-state index contributed by atoms with van der Waals surface area (Å²) >= 11 is 9.63. The van der Waals surface area contributed by atoms with E-state index in [0.29, 0.717) is 0 Å². The molecule has 0 N–H and O–H groups in total. The van der Waals surface area contributed by atoms with Gasteiger partial charge in [-0.1, -0.05) is 0 Å². The molecule has 4 heteroatoms. The van der Waals surface area contributed by atoms with E-state index in [2.05, 4.69) is 0 Å². The zero-order valence-electron chi connectivity index (χ0n) is 2.82. The smallest absolute Gasteiger partial charge is 0.230 e. The van der Waals surface area contributed by atoms with Gasteiger partial charge in [-0.3, -0.25) is 4.79 Å². The van der Waals surface area contributed by atoms with Crippen LogP contribution in [0, 0.1) is 0 Å². The maximum atomic E-state index is 9.65. The van der Waals surface area contributed by atoms with Crippen molar-refractivity contribution in [1.29, 1.82) is 0 Å². The molecule has 0 saturated carbocycles. The van der Waals surface area contributed by atoms with Gasteiger partial charge in [0.05, 0.1) is 5.28 Å². The maximum absolute atomic E-state index is 9.65. The van der Waals surface area contributed by atoms with Crippen molar-refractivity contribution in [3.05, 3.63) is 0 Å². The molecule has 0 aromatic rings. The van der Waals surface area contributed by atoms with Crippen LogP contribution < -0.4 is 0 Å². The van der Waals surface area contributed by atoms with E-state index in [1.165, 1.54) is 0 Å². The van der Waals surface area contributed by atoms with Gasteiger partial charge in [0.2, 0.25) is 5.24 Å². The third-order valence-electron chi connectivity index (χ3n) is 0.217. The lowest BCUT2D eigenvalue weighted by atomic mass is 10.1. The second kappa shape index (κ2) is 2.48. The molecule has 0 fully saturated rings. The van der Waals surface area contributed by atoms with E-state index < -0.39 is 10.5 Å². The maximum Gasteiger partial charge on any atom is 0.230 e.